The van der Waals surface area contributed by atoms with Gasteiger partial charge in [0.1, 0.15) is 10.7 Å². The smallest absolute Gasteiger partial charge is 0.270 e. The second-order valence-corrected chi connectivity index (χ2v) is 9.05. The number of benzene rings is 1. The molecule has 1 aliphatic heterocycles. The molecule has 0 atom stereocenters. The van der Waals surface area contributed by atoms with Crippen molar-refractivity contribution in [2.75, 3.05) is 18.4 Å². The van der Waals surface area contributed by atoms with Gasteiger partial charge in [-0.25, -0.2) is 9.97 Å². The molecular formula is C22H21N5OS2. The predicted octanol–water partition coefficient (Wildman–Crippen LogP) is 5.55. The van der Waals surface area contributed by atoms with Gasteiger partial charge in [0, 0.05) is 46.9 Å². The van der Waals surface area contributed by atoms with E-state index in [4.69, 9.17) is 4.98 Å². The molecule has 0 radical (unpaired) electrons. The third kappa shape index (κ3) is 3.88. The number of hydrogen-bond donors (Lipinski definition) is 2. The second-order valence-electron chi connectivity index (χ2n) is 7.34. The molecule has 0 spiro atoms. The van der Waals surface area contributed by atoms with Crippen molar-refractivity contribution >= 4 is 39.4 Å². The molecule has 0 aliphatic carbocycles. The van der Waals surface area contributed by atoms with Gasteiger partial charge < -0.3 is 15.2 Å². The minimum atomic E-state index is 0.0766. The van der Waals surface area contributed by atoms with Crippen LogP contribution in [0.25, 0.3) is 21.8 Å². The van der Waals surface area contributed by atoms with Crippen LogP contribution in [0.2, 0.25) is 0 Å². The molecule has 1 saturated heterocycles. The van der Waals surface area contributed by atoms with Crippen molar-refractivity contribution in [3.8, 4) is 21.8 Å². The Kier molecular flexibility index (Phi) is 5.10. The number of anilines is 2. The molecule has 4 aromatic rings. The van der Waals surface area contributed by atoms with E-state index >= 15 is 0 Å². The zero-order valence-electron chi connectivity index (χ0n) is 16.5. The lowest BCUT2D eigenvalue weighted by Gasteiger charge is -2.13. The normalized spacial score (nSPS) is 13.7. The molecule has 0 bridgehead atoms. The number of rotatable bonds is 5. The fraction of sp³-hybridized carbons (Fsp3) is 0.227. The molecule has 0 unspecified atom stereocenters. The number of H-pyrrole nitrogens is 1. The summed E-state index contributed by atoms with van der Waals surface area (Å²) < 4.78 is 0. The molecule has 3 aromatic heterocycles. The first kappa shape index (κ1) is 19.0. The highest BCUT2D eigenvalue weighted by Crippen LogP contribution is 2.31. The average molecular weight is 436 g/mol. The Morgan fingerprint density at radius 2 is 1.87 bits per heavy atom. The SMILES string of the molecule is Cc1csc(Nc2ccc(-c3nc(-c4c[nH]c(C(=O)N5CCCC5)c4)cs3)cc2)n1. The molecule has 2 N–H and O–H groups in total. The van der Waals surface area contributed by atoms with Gasteiger partial charge in [0.2, 0.25) is 0 Å². The molecule has 1 fully saturated rings. The zero-order valence-corrected chi connectivity index (χ0v) is 18.1. The highest BCUT2D eigenvalue weighted by atomic mass is 32.1. The maximum Gasteiger partial charge on any atom is 0.270 e. The zero-order chi connectivity index (χ0) is 20.5. The minimum Gasteiger partial charge on any atom is -0.357 e. The predicted molar refractivity (Wildman–Crippen MR) is 123 cm³/mol. The van der Waals surface area contributed by atoms with Crippen molar-refractivity contribution in [2.24, 2.45) is 0 Å². The van der Waals surface area contributed by atoms with E-state index in [-0.39, 0.29) is 5.91 Å². The lowest BCUT2D eigenvalue weighted by molar-refractivity contribution is 0.0788. The van der Waals surface area contributed by atoms with Crippen LogP contribution < -0.4 is 5.32 Å². The lowest BCUT2D eigenvalue weighted by Crippen LogP contribution is -2.27. The fourth-order valence-corrected chi connectivity index (χ4v) is 5.07. The fourth-order valence-electron chi connectivity index (χ4n) is 3.53. The molecule has 5 rings (SSSR count). The minimum absolute atomic E-state index is 0.0766. The molecule has 4 heterocycles. The highest BCUT2D eigenvalue weighted by Gasteiger charge is 2.21. The van der Waals surface area contributed by atoms with Crippen molar-refractivity contribution in [3.05, 3.63) is 58.7 Å². The number of carbonyl (C=O) groups is 1. The summed E-state index contributed by atoms with van der Waals surface area (Å²) in [5, 5.41) is 9.23. The van der Waals surface area contributed by atoms with Crippen LogP contribution in [0.5, 0.6) is 0 Å². The van der Waals surface area contributed by atoms with Crippen molar-refractivity contribution in [1.29, 1.82) is 0 Å². The number of nitrogens with zero attached hydrogens (tertiary/aromatic N) is 3. The summed E-state index contributed by atoms with van der Waals surface area (Å²) in [6.45, 7) is 3.68. The van der Waals surface area contributed by atoms with E-state index in [1.807, 2.05) is 47.0 Å². The van der Waals surface area contributed by atoms with Crippen LogP contribution in [0.1, 0.15) is 29.0 Å². The van der Waals surface area contributed by atoms with Crippen LogP contribution in [-0.4, -0.2) is 38.8 Å². The Balaban J connectivity index is 1.30. The van der Waals surface area contributed by atoms with E-state index < -0.39 is 0 Å². The van der Waals surface area contributed by atoms with Gasteiger partial charge in [-0.3, -0.25) is 4.79 Å². The Morgan fingerprint density at radius 1 is 1.07 bits per heavy atom. The number of likely N-dealkylation sites (tertiary alicyclic amines) is 1. The summed E-state index contributed by atoms with van der Waals surface area (Å²) in [5.41, 5.74) is 5.54. The van der Waals surface area contributed by atoms with Gasteiger partial charge in [-0.2, -0.15) is 0 Å². The summed E-state index contributed by atoms with van der Waals surface area (Å²) >= 11 is 3.20. The number of aryl methyl sites for hydroxylation is 1. The van der Waals surface area contributed by atoms with E-state index in [1.54, 1.807) is 22.7 Å². The average Bonchev–Trinajstić information content (AvgIpc) is 3.54. The first-order chi connectivity index (χ1) is 14.7. The maximum absolute atomic E-state index is 12.5. The number of nitrogens with one attached hydrogen (secondary N) is 2. The van der Waals surface area contributed by atoms with Crippen LogP contribution in [0.3, 0.4) is 0 Å². The Bertz CT molecular complexity index is 1170. The van der Waals surface area contributed by atoms with Crippen LogP contribution in [0.15, 0.2) is 47.3 Å². The van der Waals surface area contributed by atoms with Gasteiger partial charge in [-0.05, 0) is 50.1 Å². The standard InChI is InChI=1S/C22H21N5OS2/c1-14-12-30-22(24-14)25-17-6-4-15(5-7-17)20-26-19(13-29-20)16-10-18(23-11-16)21(28)27-8-2-3-9-27/h4-7,10-13,23H,2-3,8-9H2,1H3,(H,24,25). The largest absolute Gasteiger partial charge is 0.357 e. The van der Waals surface area contributed by atoms with E-state index in [0.717, 1.165) is 64.3 Å². The number of carbonyl (C=O) groups excluding carboxylic acids is 1. The third-order valence-corrected chi connectivity index (χ3v) is 6.88. The molecular weight excluding hydrogens is 414 g/mol. The van der Waals surface area contributed by atoms with Gasteiger partial charge in [0.25, 0.3) is 5.91 Å². The first-order valence-electron chi connectivity index (χ1n) is 9.89. The van der Waals surface area contributed by atoms with Gasteiger partial charge in [0.15, 0.2) is 5.13 Å². The topological polar surface area (TPSA) is 73.9 Å². The highest BCUT2D eigenvalue weighted by molar-refractivity contribution is 7.14. The third-order valence-electron chi connectivity index (χ3n) is 5.11. The Hall–Kier alpha value is -2.97. The number of thiazole rings is 2. The summed E-state index contributed by atoms with van der Waals surface area (Å²) in [7, 11) is 0. The number of amides is 1. The summed E-state index contributed by atoms with van der Waals surface area (Å²) in [4.78, 5) is 26.8. The summed E-state index contributed by atoms with van der Waals surface area (Å²) in [6, 6.07) is 10.1. The van der Waals surface area contributed by atoms with E-state index in [0.29, 0.717) is 5.69 Å². The lowest BCUT2D eigenvalue weighted by atomic mass is 10.2. The van der Waals surface area contributed by atoms with E-state index in [9.17, 15) is 4.79 Å². The number of aromatic amines is 1. The number of aromatic nitrogens is 3. The van der Waals surface area contributed by atoms with Crippen molar-refractivity contribution < 1.29 is 4.79 Å². The molecule has 1 amide bonds. The quantitative estimate of drug-likeness (QED) is 0.431. The summed E-state index contributed by atoms with van der Waals surface area (Å²) in [5.74, 6) is 0.0766. The maximum atomic E-state index is 12.5. The number of hydrogen-bond acceptors (Lipinski definition) is 6. The molecule has 1 aromatic carbocycles. The molecule has 8 heteroatoms. The molecule has 6 nitrogen and oxygen atoms in total. The summed E-state index contributed by atoms with van der Waals surface area (Å²) in [6.07, 6.45) is 4.05. The van der Waals surface area contributed by atoms with Gasteiger partial charge in [-0.1, -0.05) is 0 Å². The van der Waals surface area contributed by atoms with Crippen molar-refractivity contribution in [1.82, 2.24) is 19.9 Å². The van der Waals surface area contributed by atoms with Crippen LogP contribution in [0.4, 0.5) is 10.8 Å². The molecule has 30 heavy (non-hydrogen) atoms. The van der Waals surface area contributed by atoms with Crippen LogP contribution in [-0.2, 0) is 0 Å². The Labute approximate surface area is 182 Å². The molecule has 1 aliphatic rings. The Morgan fingerprint density at radius 3 is 2.60 bits per heavy atom. The van der Waals surface area contributed by atoms with Crippen molar-refractivity contribution in [2.45, 2.75) is 19.8 Å². The molecule has 152 valence electrons. The van der Waals surface area contributed by atoms with Crippen LogP contribution in [0, 0.1) is 6.92 Å². The monoisotopic (exact) mass is 435 g/mol. The van der Waals surface area contributed by atoms with Gasteiger partial charge in [0.05, 0.1) is 11.4 Å². The first-order valence-corrected chi connectivity index (χ1v) is 11.6. The van der Waals surface area contributed by atoms with Gasteiger partial charge >= 0.3 is 0 Å². The van der Waals surface area contributed by atoms with E-state index in [1.165, 1.54) is 0 Å². The molecule has 0 saturated carbocycles. The van der Waals surface area contributed by atoms with Crippen molar-refractivity contribution in [3.63, 3.8) is 0 Å². The van der Waals surface area contributed by atoms with Gasteiger partial charge in [-0.15, -0.1) is 22.7 Å². The van der Waals surface area contributed by atoms with E-state index in [2.05, 4.69) is 27.4 Å². The second kappa shape index (κ2) is 8.04. The van der Waals surface area contributed by atoms with Crippen LogP contribution >= 0.6 is 22.7 Å².